The first-order chi connectivity index (χ1) is 11.0. The number of hydrogen-bond acceptors (Lipinski definition) is 3. The first kappa shape index (κ1) is 16.5. The highest BCUT2D eigenvalue weighted by molar-refractivity contribution is 5.84. The molecule has 0 radical (unpaired) electrons. The van der Waals surface area contributed by atoms with Crippen LogP contribution in [-0.4, -0.2) is 38.7 Å². The van der Waals surface area contributed by atoms with Gasteiger partial charge in [-0.15, -0.1) is 0 Å². The third-order valence-electron chi connectivity index (χ3n) is 3.54. The van der Waals surface area contributed by atoms with Crippen molar-refractivity contribution < 1.29 is 24.6 Å². The van der Waals surface area contributed by atoms with E-state index in [4.69, 9.17) is 10.2 Å². The van der Waals surface area contributed by atoms with Crippen LogP contribution in [0.1, 0.15) is 19.3 Å². The number of amides is 1. The molecular formula is C16H18N2O5. The van der Waals surface area contributed by atoms with Gasteiger partial charge in [-0.05, 0) is 23.9 Å². The molecule has 7 heteroatoms. The minimum absolute atomic E-state index is 0.121. The Balaban J connectivity index is 1.90. The second kappa shape index (κ2) is 7.44. The van der Waals surface area contributed by atoms with Crippen LogP contribution in [-0.2, 0) is 20.9 Å². The Morgan fingerprint density at radius 1 is 1.09 bits per heavy atom. The van der Waals surface area contributed by atoms with Crippen LogP contribution in [0, 0.1) is 0 Å². The number of carbonyl (C=O) groups excluding carboxylic acids is 1. The van der Waals surface area contributed by atoms with E-state index < -0.39 is 23.9 Å². The normalized spacial score (nSPS) is 12.0. The molecule has 1 atom stereocenters. The minimum Gasteiger partial charge on any atom is -0.481 e. The molecule has 0 saturated heterocycles. The Bertz CT molecular complexity index is 722. The van der Waals surface area contributed by atoms with Gasteiger partial charge in [-0.25, -0.2) is 4.79 Å². The summed E-state index contributed by atoms with van der Waals surface area (Å²) >= 11 is 0. The molecule has 0 aliphatic heterocycles. The van der Waals surface area contributed by atoms with Gasteiger partial charge in [0, 0.05) is 31.1 Å². The lowest BCUT2D eigenvalue weighted by Crippen LogP contribution is -2.41. The van der Waals surface area contributed by atoms with Crippen LogP contribution in [0.5, 0.6) is 0 Å². The fourth-order valence-corrected chi connectivity index (χ4v) is 2.35. The monoisotopic (exact) mass is 318 g/mol. The van der Waals surface area contributed by atoms with Crippen LogP contribution >= 0.6 is 0 Å². The summed E-state index contributed by atoms with van der Waals surface area (Å²) in [6.45, 7) is 0.421. The molecule has 0 saturated carbocycles. The summed E-state index contributed by atoms with van der Waals surface area (Å²) < 4.78 is 1.92. The van der Waals surface area contributed by atoms with E-state index in [1.807, 2.05) is 41.1 Å². The van der Waals surface area contributed by atoms with E-state index in [0.717, 1.165) is 10.9 Å². The summed E-state index contributed by atoms with van der Waals surface area (Å²) in [5.74, 6) is -2.74. The smallest absolute Gasteiger partial charge is 0.326 e. The molecule has 0 aliphatic carbocycles. The van der Waals surface area contributed by atoms with E-state index in [2.05, 4.69) is 5.32 Å². The summed E-state index contributed by atoms with van der Waals surface area (Å²) in [7, 11) is 0. The lowest BCUT2D eigenvalue weighted by molar-refractivity contribution is -0.143. The number of nitrogens with zero attached hydrogens (tertiary/aromatic N) is 1. The second-order valence-electron chi connectivity index (χ2n) is 5.21. The quantitative estimate of drug-likeness (QED) is 0.683. The number of benzene rings is 1. The number of carbonyl (C=O) groups is 3. The topological polar surface area (TPSA) is 109 Å². The maximum Gasteiger partial charge on any atom is 0.326 e. The number of rotatable bonds is 8. The highest BCUT2D eigenvalue weighted by atomic mass is 16.4. The van der Waals surface area contributed by atoms with Crippen molar-refractivity contribution in [2.45, 2.75) is 31.8 Å². The second-order valence-corrected chi connectivity index (χ2v) is 5.21. The van der Waals surface area contributed by atoms with Crippen molar-refractivity contribution in [3.8, 4) is 0 Å². The minimum atomic E-state index is -1.23. The molecule has 1 heterocycles. The van der Waals surface area contributed by atoms with Crippen LogP contribution in [0.4, 0.5) is 0 Å². The number of carboxylic acids is 2. The van der Waals surface area contributed by atoms with Crippen molar-refractivity contribution in [3.63, 3.8) is 0 Å². The zero-order valence-electron chi connectivity index (χ0n) is 12.4. The molecule has 23 heavy (non-hydrogen) atoms. The van der Waals surface area contributed by atoms with Crippen LogP contribution in [0.15, 0.2) is 36.5 Å². The summed E-state index contributed by atoms with van der Waals surface area (Å²) in [4.78, 5) is 33.4. The maximum atomic E-state index is 11.9. The number of aliphatic carboxylic acids is 2. The Hall–Kier alpha value is -2.83. The summed E-state index contributed by atoms with van der Waals surface area (Å²) in [5.41, 5.74) is 1.00. The fraction of sp³-hybridized carbons (Fsp3) is 0.312. The average molecular weight is 318 g/mol. The Kier molecular flexibility index (Phi) is 5.35. The zero-order chi connectivity index (χ0) is 16.8. The first-order valence-electron chi connectivity index (χ1n) is 7.25. The van der Waals surface area contributed by atoms with Crippen molar-refractivity contribution in [2.75, 3.05) is 0 Å². The molecule has 1 aromatic carbocycles. The van der Waals surface area contributed by atoms with Gasteiger partial charge < -0.3 is 20.1 Å². The molecule has 0 bridgehead atoms. The maximum absolute atomic E-state index is 11.9. The summed E-state index contributed by atoms with van der Waals surface area (Å²) in [5, 5.41) is 21.0. The van der Waals surface area contributed by atoms with Crippen molar-refractivity contribution in [3.05, 3.63) is 36.5 Å². The molecule has 3 N–H and O–H groups in total. The number of carboxylic acid groups (broad SMARTS) is 2. The van der Waals surface area contributed by atoms with Crippen molar-refractivity contribution in [1.82, 2.24) is 9.88 Å². The number of aromatic nitrogens is 1. The van der Waals surface area contributed by atoms with Crippen molar-refractivity contribution in [1.29, 1.82) is 0 Å². The van der Waals surface area contributed by atoms with Gasteiger partial charge in [-0.3, -0.25) is 9.59 Å². The molecule has 1 unspecified atom stereocenters. The predicted molar refractivity (Wildman–Crippen MR) is 83.0 cm³/mol. The fourth-order valence-electron chi connectivity index (χ4n) is 2.35. The molecule has 122 valence electrons. The van der Waals surface area contributed by atoms with Crippen LogP contribution in [0.25, 0.3) is 10.9 Å². The van der Waals surface area contributed by atoms with E-state index >= 15 is 0 Å². The molecule has 0 fully saturated rings. The molecular weight excluding hydrogens is 300 g/mol. The van der Waals surface area contributed by atoms with E-state index in [9.17, 15) is 14.4 Å². The molecule has 1 amide bonds. The Morgan fingerprint density at radius 2 is 1.83 bits per heavy atom. The highest BCUT2D eigenvalue weighted by Crippen LogP contribution is 2.15. The Labute approximate surface area is 132 Å². The number of nitrogens with one attached hydrogen (secondary N) is 1. The number of para-hydroxylation sites is 1. The highest BCUT2D eigenvalue weighted by Gasteiger charge is 2.20. The van der Waals surface area contributed by atoms with Gasteiger partial charge in [0.05, 0.1) is 0 Å². The molecule has 0 spiro atoms. The largest absolute Gasteiger partial charge is 0.481 e. The van der Waals surface area contributed by atoms with Crippen LogP contribution < -0.4 is 5.32 Å². The van der Waals surface area contributed by atoms with Crippen LogP contribution in [0.3, 0.4) is 0 Å². The lowest BCUT2D eigenvalue weighted by atomic mass is 10.1. The van der Waals surface area contributed by atoms with Gasteiger partial charge in [0.15, 0.2) is 0 Å². The molecule has 2 rings (SSSR count). The van der Waals surface area contributed by atoms with Gasteiger partial charge >= 0.3 is 11.9 Å². The predicted octanol–water partition coefficient (Wildman–Crippen LogP) is 1.47. The van der Waals surface area contributed by atoms with Crippen molar-refractivity contribution in [2.24, 2.45) is 0 Å². The van der Waals surface area contributed by atoms with E-state index in [0.29, 0.717) is 6.54 Å². The molecule has 1 aromatic heterocycles. The van der Waals surface area contributed by atoms with Crippen LogP contribution in [0.2, 0.25) is 0 Å². The SMILES string of the molecule is O=C(O)CCC(NC(=O)CCn1ccc2ccccc21)C(=O)O. The standard InChI is InChI=1S/C16H18N2O5/c19-14(17-12(16(22)23)5-6-15(20)21)8-10-18-9-7-11-3-1-2-4-13(11)18/h1-4,7,9,12H,5-6,8,10H2,(H,17,19)(H,20,21)(H,22,23). The summed E-state index contributed by atoms with van der Waals surface area (Å²) in [6, 6.07) is 8.52. The molecule has 0 aliphatic rings. The van der Waals surface area contributed by atoms with Gasteiger partial charge in [-0.1, -0.05) is 18.2 Å². The molecule has 7 nitrogen and oxygen atoms in total. The summed E-state index contributed by atoms with van der Waals surface area (Å²) in [6.07, 6.45) is 1.55. The van der Waals surface area contributed by atoms with E-state index in [1.165, 1.54) is 0 Å². The number of hydrogen-bond donors (Lipinski definition) is 3. The van der Waals surface area contributed by atoms with Crippen molar-refractivity contribution >= 4 is 28.7 Å². The van der Waals surface area contributed by atoms with Gasteiger partial charge in [0.2, 0.25) is 5.91 Å². The average Bonchev–Trinajstić information content (AvgIpc) is 2.92. The van der Waals surface area contributed by atoms with Gasteiger partial charge in [-0.2, -0.15) is 0 Å². The van der Waals surface area contributed by atoms with Gasteiger partial charge in [0.1, 0.15) is 6.04 Å². The third kappa shape index (κ3) is 4.57. The lowest BCUT2D eigenvalue weighted by Gasteiger charge is -2.14. The Morgan fingerprint density at radius 3 is 2.52 bits per heavy atom. The first-order valence-corrected chi connectivity index (χ1v) is 7.25. The number of aryl methyl sites for hydroxylation is 1. The molecule has 2 aromatic rings. The third-order valence-corrected chi connectivity index (χ3v) is 3.54. The zero-order valence-corrected chi connectivity index (χ0v) is 12.4. The van der Waals surface area contributed by atoms with E-state index in [1.54, 1.807) is 0 Å². The van der Waals surface area contributed by atoms with Gasteiger partial charge in [0.25, 0.3) is 0 Å². The number of fused-ring (bicyclic) bond motifs is 1. The van der Waals surface area contributed by atoms with E-state index in [-0.39, 0.29) is 19.3 Å².